The average molecular weight is 246 g/mol. The van der Waals surface area contributed by atoms with Crippen LogP contribution in [-0.2, 0) is 6.54 Å². The van der Waals surface area contributed by atoms with Gasteiger partial charge in [0.1, 0.15) is 0 Å². The lowest BCUT2D eigenvalue weighted by molar-refractivity contribution is 0.785. The lowest BCUT2D eigenvalue weighted by Crippen LogP contribution is -1.94. The minimum Gasteiger partial charge on any atom is -0.308 e. The second kappa shape index (κ2) is 3.64. The van der Waals surface area contributed by atoms with E-state index in [9.17, 15) is 0 Å². The van der Waals surface area contributed by atoms with Crippen molar-refractivity contribution in [3.8, 4) is 0 Å². The molecule has 80 valence electrons. The summed E-state index contributed by atoms with van der Waals surface area (Å²) in [6.07, 6.45) is 0. The molecule has 2 aromatic heterocycles. The Morgan fingerprint density at radius 3 is 3.00 bits per heavy atom. The molecule has 0 unspecified atom stereocenters. The third kappa shape index (κ3) is 1.37. The van der Waals surface area contributed by atoms with Crippen LogP contribution in [0, 0.1) is 3.95 Å². The molecular weight excluding hydrogens is 236 g/mol. The van der Waals surface area contributed by atoms with E-state index in [4.69, 9.17) is 12.2 Å². The van der Waals surface area contributed by atoms with E-state index in [0.717, 1.165) is 21.7 Å². The minimum absolute atomic E-state index is 0.879. The SMILES string of the molecule is CCn1c(=S)sc2cc3ccccc3nc21. The Labute approximate surface area is 102 Å². The summed E-state index contributed by atoms with van der Waals surface area (Å²) in [6.45, 7) is 2.98. The van der Waals surface area contributed by atoms with Crippen molar-refractivity contribution in [3.63, 3.8) is 0 Å². The fourth-order valence-electron chi connectivity index (χ4n) is 1.87. The highest BCUT2D eigenvalue weighted by molar-refractivity contribution is 7.73. The van der Waals surface area contributed by atoms with Crippen molar-refractivity contribution in [2.75, 3.05) is 0 Å². The van der Waals surface area contributed by atoms with E-state index in [1.807, 2.05) is 18.2 Å². The van der Waals surface area contributed by atoms with E-state index < -0.39 is 0 Å². The summed E-state index contributed by atoms with van der Waals surface area (Å²) in [7, 11) is 0. The third-order valence-electron chi connectivity index (χ3n) is 2.66. The van der Waals surface area contributed by atoms with Gasteiger partial charge in [0.25, 0.3) is 0 Å². The van der Waals surface area contributed by atoms with Crippen molar-refractivity contribution in [1.29, 1.82) is 0 Å². The molecule has 0 radical (unpaired) electrons. The molecule has 0 atom stereocenters. The number of nitrogens with zero attached hydrogens (tertiary/aromatic N) is 2. The van der Waals surface area contributed by atoms with Gasteiger partial charge in [-0.05, 0) is 31.3 Å². The molecule has 0 spiro atoms. The van der Waals surface area contributed by atoms with Gasteiger partial charge in [-0.1, -0.05) is 18.2 Å². The fourth-order valence-corrected chi connectivity index (χ4v) is 3.30. The van der Waals surface area contributed by atoms with Crippen LogP contribution in [0.5, 0.6) is 0 Å². The van der Waals surface area contributed by atoms with Gasteiger partial charge in [-0.15, -0.1) is 11.3 Å². The summed E-state index contributed by atoms with van der Waals surface area (Å²) in [6, 6.07) is 10.3. The Morgan fingerprint density at radius 1 is 1.38 bits per heavy atom. The predicted molar refractivity (Wildman–Crippen MR) is 71.6 cm³/mol. The van der Waals surface area contributed by atoms with Gasteiger partial charge in [0.05, 0.1) is 10.2 Å². The summed E-state index contributed by atoms with van der Waals surface area (Å²) >= 11 is 6.97. The molecule has 1 aromatic carbocycles. The first-order valence-electron chi connectivity index (χ1n) is 5.18. The molecule has 4 heteroatoms. The van der Waals surface area contributed by atoms with Crippen molar-refractivity contribution in [3.05, 3.63) is 34.3 Å². The summed E-state index contributed by atoms with van der Waals surface area (Å²) in [5, 5.41) is 1.18. The molecule has 2 heterocycles. The predicted octanol–water partition coefficient (Wildman–Crippen LogP) is 4.00. The van der Waals surface area contributed by atoms with Crippen molar-refractivity contribution in [2.24, 2.45) is 0 Å². The Bertz CT molecular complexity index is 725. The Balaban J connectivity index is 2.51. The molecule has 0 amide bonds. The number of pyridine rings is 1. The minimum atomic E-state index is 0.879. The highest BCUT2D eigenvalue weighted by Gasteiger charge is 2.06. The number of benzene rings is 1. The van der Waals surface area contributed by atoms with Gasteiger partial charge in [0.15, 0.2) is 9.60 Å². The van der Waals surface area contributed by atoms with Gasteiger partial charge in [0, 0.05) is 11.9 Å². The van der Waals surface area contributed by atoms with Crippen LogP contribution in [0.15, 0.2) is 30.3 Å². The van der Waals surface area contributed by atoms with Crippen LogP contribution in [0.4, 0.5) is 0 Å². The Morgan fingerprint density at radius 2 is 2.19 bits per heavy atom. The van der Waals surface area contributed by atoms with Crippen LogP contribution < -0.4 is 0 Å². The maximum atomic E-state index is 5.33. The number of thiazole rings is 1. The Hall–Kier alpha value is -1.26. The number of para-hydroxylation sites is 1. The second-order valence-corrected chi connectivity index (χ2v) is 5.29. The summed E-state index contributed by atoms with van der Waals surface area (Å²) < 4.78 is 4.16. The van der Waals surface area contributed by atoms with E-state index in [2.05, 4.69) is 28.6 Å². The molecule has 0 aliphatic heterocycles. The highest BCUT2D eigenvalue weighted by atomic mass is 32.1. The molecule has 3 rings (SSSR count). The lowest BCUT2D eigenvalue weighted by atomic mass is 10.2. The van der Waals surface area contributed by atoms with Crippen molar-refractivity contribution >= 4 is 44.8 Å². The van der Waals surface area contributed by atoms with Gasteiger partial charge >= 0.3 is 0 Å². The lowest BCUT2D eigenvalue weighted by Gasteiger charge is -2.00. The van der Waals surface area contributed by atoms with E-state index >= 15 is 0 Å². The van der Waals surface area contributed by atoms with Crippen LogP contribution in [-0.4, -0.2) is 9.55 Å². The Kier molecular flexibility index (Phi) is 2.26. The molecule has 3 aromatic rings. The molecule has 0 fully saturated rings. The van der Waals surface area contributed by atoms with E-state index in [1.54, 1.807) is 11.3 Å². The maximum Gasteiger partial charge on any atom is 0.163 e. The fraction of sp³-hybridized carbons (Fsp3) is 0.167. The first-order chi connectivity index (χ1) is 7.79. The van der Waals surface area contributed by atoms with Gasteiger partial charge in [-0.3, -0.25) is 0 Å². The number of hydrogen-bond acceptors (Lipinski definition) is 3. The molecule has 2 nitrogen and oxygen atoms in total. The van der Waals surface area contributed by atoms with Crippen LogP contribution in [0.2, 0.25) is 0 Å². The normalized spacial score (nSPS) is 11.3. The van der Waals surface area contributed by atoms with Crippen molar-refractivity contribution in [1.82, 2.24) is 9.55 Å². The number of hydrogen-bond donors (Lipinski definition) is 0. The zero-order valence-electron chi connectivity index (χ0n) is 8.80. The van der Waals surface area contributed by atoms with Gasteiger partial charge in [-0.25, -0.2) is 4.98 Å². The molecule has 0 saturated carbocycles. The van der Waals surface area contributed by atoms with Crippen LogP contribution in [0.1, 0.15) is 6.92 Å². The number of rotatable bonds is 1. The van der Waals surface area contributed by atoms with Crippen LogP contribution in [0.25, 0.3) is 21.3 Å². The zero-order chi connectivity index (χ0) is 11.1. The summed E-state index contributed by atoms with van der Waals surface area (Å²) in [5.74, 6) is 0. The van der Waals surface area contributed by atoms with E-state index in [-0.39, 0.29) is 0 Å². The largest absolute Gasteiger partial charge is 0.308 e. The highest BCUT2D eigenvalue weighted by Crippen LogP contribution is 2.25. The molecule has 0 bridgehead atoms. The average Bonchev–Trinajstić information content (AvgIpc) is 2.60. The van der Waals surface area contributed by atoms with E-state index in [1.165, 1.54) is 10.1 Å². The molecule has 0 aliphatic rings. The quantitative estimate of drug-likeness (QED) is 0.604. The maximum absolute atomic E-state index is 5.33. The summed E-state index contributed by atoms with van der Waals surface area (Å²) in [5.41, 5.74) is 2.04. The third-order valence-corrected chi connectivity index (χ3v) is 4.05. The first kappa shape index (κ1) is 9.93. The molecule has 0 N–H and O–H groups in total. The number of aromatic nitrogens is 2. The molecular formula is C12H10N2S2. The first-order valence-corrected chi connectivity index (χ1v) is 6.41. The summed E-state index contributed by atoms with van der Waals surface area (Å²) in [4.78, 5) is 4.68. The molecule has 0 aliphatic carbocycles. The van der Waals surface area contributed by atoms with Gasteiger partial charge in [-0.2, -0.15) is 0 Å². The van der Waals surface area contributed by atoms with Crippen LogP contribution in [0.3, 0.4) is 0 Å². The molecule has 16 heavy (non-hydrogen) atoms. The zero-order valence-corrected chi connectivity index (χ0v) is 10.4. The topological polar surface area (TPSA) is 17.8 Å². The standard InChI is InChI=1S/C12H10N2S2/c1-2-14-11-10(16-12(14)15)7-8-5-3-4-6-9(8)13-11/h3-7H,2H2,1H3. The van der Waals surface area contributed by atoms with Gasteiger partial charge < -0.3 is 4.57 Å². The van der Waals surface area contributed by atoms with Gasteiger partial charge in [0.2, 0.25) is 0 Å². The second-order valence-electron chi connectivity index (χ2n) is 3.62. The number of fused-ring (bicyclic) bond motifs is 2. The van der Waals surface area contributed by atoms with Crippen LogP contribution >= 0.6 is 23.6 Å². The smallest absolute Gasteiger partial charge is 0.163 e. The monoisotopic (exact) mass is 246 g/mol. The van der Waals surface area contributed by atoms with Crippen molar-refractivity contribution in [2.45, 2.75) is 13.5 Å². The van der Waals surface area contributed by atoms with Crippen molar-refractivity contribution < 1.29 is 0 Å². The number of aryl methyl sites for hydroxylation is 1. The molecule has 0 saturated heterocycles. The van der Waals surface area contributed by atoms with E-state index in [0.29, 0.717) is 0 Å².